The number of carbonyl (C=O) groups excluding carboxylic acids is 1. The Bertz CT molecular complexity index is 999. The molecule has 1 amide bonds. The highest BCUT2D eigenvalue weighted by Crippen LogP contribution is 2.36. The number of hydrogen-bond donors (Lipinski definition) is 1. The molecular weight excluding hydrogens is 381 g/mol. The summed E-state index contributed by atoms with van der Waals surface area (Å²) in [5.41, 5.74) is -0.871. The second kappa shape index (κ2) is 6.56. The molecule has 0 fully saturated rings. The number of hydrogen-bond acceptors (Lipinski definition) is 2. The highest BCUT2D eigenvalue weighted by molar-refractivity contribution is 6.31. The number of halogens is 6. The van der Waals surface area contributed by atoms with Gasteiger partial charge in [0.15, 0.2) is 11.6 Å². The second-order valence-electron chi connectivity index (χ2n) is 5.37. The Labute approximate surface area is 148 Å². The predicted molar refractivity (Wildman–Crippen MR) is 84.7 cm³/mol. The van der Waals surface area contributed by atoms with E-state index in [4.69, 9.17) is 11.6 Å². The van der Waals surface area contributed by atoms with E-state index < -0.39 is 34.3 Å². The van der Waals surface area contributed by atoms with Crippen LogP contribution < -0.4 is 5.32 Å². The molecule has 0 aliphatic carbocycles. The van der Waals surface area contributed by atoms with Crippen LogP contribution in [0.15, 0.2) is 36.7 Å². The summed E-state index contributed by atoms with van der Waals surface area (Å²) in [5.74, 6) is -2.86. The first-order valence-electron chi connectivity index (χ1n) is 7.11. The third-order valence-corrected chi connectivity index (χ3v) is 3.86. The molecule has 1 heterocycles. The third-order valence-electron chi connectivity index (χ3n) is 3.53. The van der Waals surface area contributed by atoms with E-state index in [9.17, 15) is 26.7 Å². The van der Waals surface area contributed by atoms with E-state index in [1.165, 1.54) is 17.0 Å². The summed E-state index contributed by atoms with van der Waals surface area (Å²) in [4.78, 5) is 15.9. The lowest BCUT2D eigenvalue weighted by molar-refractivity contribution is -0.137. The Morgan fingerprint density at radius 1 is 1.15 bits per heavy atom. The molecule has 2 aromatic carbocycles. The molecule has 0 spiro atoms. The molecule has 10 heteroatoms. The monoisotopic (exact) mass is 389 g/mol. The quantitative estimate of drug-likeness (QED) is 0.664. The number of nitrogens with one attached hydrogen (secondary N) is 1. The molecule has 26 heavy (non-hydrogen) atoms. The van der Waals surface area contributed by atoms with Gasteiger partial charge in [-0.25, -0.2) is 13.8 Å². The molecule has 0 aliphatic heterocycles. The van der Waals surface area contributed by atoms with Crippen LogP contribution in [0.1, 0.15) is 5.56 Å². The number of rotatable bonds is 3. The number of fused-ring (bicyclic) bond motifs is 1. The summed E-state index contributed by atoms with van der Waals surface area (Å²) in [6.45, 7) is -0.356. The molecule has 0 saturated heterocycles. The molecular formula is C16H9ClF5N3O. The fourth-order valence-corrected chi connectivity index (χ4v) is 2.58. The highest BCUT2D eigenvalue weighted by Gasteiger charge is 2.33. The van der Waals surface area contributed by atoms with Crippen molar-refractivity contribution in [1.82, 2.24) is 9.55 Å². The molecule has 0 atom stereocenters. The fraction of sp³-hybridized carbons (Fsp3) is 0.125. The molecule has 0 saturated carbocycles. The zero-order valence-electron chi connectivity index (χ0n) is 12.7. The van der Waals surface area contributed by atoms with Gasteiger partial charge in [0.25, 0.3) is 0 Å². The van der Waals surface area contributed by atoms with E-state index in [1.54, 1.807) is 0 Å². The van der Waals surface area contributed by atoms with Gasteiger partial charge >= 0.3 is 6.18 Å². The maximum absolute atomic E-state index is 13.3. The number of imidazole rings is 1. The van der Waals surface area contributed by atoms with Gasteiger partial charge in [-0.2, -0.15) is 13.2 Å². The second-order valence-corrected chi connectivity index (χ2v) is 5.78. The van der Waals surface area contributed by atoms with Gasteiger partial charge in [0, 0.05) is 17.8 Å². The summed E-state index contributed by atoms with van der Waals surface area (Å²) in [6, 6.07) is 4.71. The smallest absolute Gasteiger partial charge is 0.325 e. The number of aromatic nitrogens is 2. The van der Waals surface area contributed by atoms with Gasteiger partial charge in [-0.05, 0) is 18.2 Å². The number of carbonyl (C=O) groups is 1. The summed E-state index contributed by atoms with van der Waals surface area (Å²) in [6.07, 6.45) is -3.47. The number of benzene rings is 2. The molecule has 0 unspecified atom stereocenters. The number of anilines is 1. The van der Waals surface area contributed by atoms with E-state index in [1.807, 2.05) is 0 Å². The Balaban J connectivity index is 1.81. The van der Waals surface area contributed by atoms with E-state index in [0.29, 0.717) is 6.07 Å². The van der Waals surface area contributed by atoms with E-state index in [0.717, 1.165) is 18.2 Å². The standard InChI is InChI=1S/C16H9ClF5N3O/c17-10-2-1-8(3-9(10)16(20,21)22)24-15(26)6-25-7-23-13-4-11(18)12(19)5-14(13)25/h1-5,7H,6H2,(H,24,26). The molecule has 3 rings (SSSR count). The molecule has 136 valence electrons. The zero-order chi connectivity index (χ0) is 19.1. The minimum absolute atomic E-state index is 0.103. The van der Waals surface area contributed by atoms with Crippen LogP contribution in [-0.2, 0) is 17.5 Å². The minimum atomic E-state index is -4.67. The lowest BCUT2D eigenvalue weighted by atomic mass is 10.2. The Kier molecular flexibility index (Phi) is 4.57. The van der Waals surface area contributed by atoms with Crippen LogP contribution in [-0.4, -0.2) is 15.5 Å². The zero-order valence-corrected chi connectivity index (χ0v) is 13.5. The third kappa shape index (κ3) is 3.62. The topological polar surface area (TPSA) is 46.9 Å². The Morgan fingerprint density at radius 2 is 1.85 bits per heavy atom. The molecule has 1 aromatic heterocycles. The largest absolute Gasteiger partial charge is 0.417 e. The van der Waals surface area contributed by atoms with Crippen molar-refractivity contribution in [1.29, 1.82) is 0 Å². The van der Waals surface area contributed by atoms with Crippen molar-refractivity contribution in [3.8, 4) is 0 Å². The maximum atomic E-state index is 13.3. The Morgan fingerprint density at radius 3 is 2.54 bits per heavy atom. The van der Waals surface area contributed by atoms with Gasteiger partial charge < -0.3 is 9.88 Å². The van der Waals surface area contributed by atoms with Crippen LogP contribution in [0.4, 0.5) is 27.6 Å². The van der Waals surface area contributed by atoms with Gasteiger partial charge in [-0.1, -0.05) is 11.6 Å². The van der Waals surface area contributed by atoms with E-state index >= 15 is 0 Å². The first-order chi connectivity index (χ1) is 12.1. The lowest BCUT2D eigenvalue weighted by Gasteiger charge is -2.12. The summed E-state index contributed by atoms with van der Waals surface area (Å²) in [7, 11) is 0. The van der Waals surface area contributed by atoms with Crippen LogP contribution in [0.2, 0.25) is 5.02 Å². The molecule has 0 aliphatic rings. The molecule has 3 aromatic rings. The number of alkyl halides is 3. The van der Waals surface area contributed by atoms with Gasteiger partial charge in [-0.3, -0.25) is 4.79 Å². The van der Waals surface area contributed by atoms with Crippen molar-refractivity contribution >= 4 is 34.2 Å². The fourth-order valence-electron chi connectivity index (χ4n) is 2.35. The summed E-state index contributed by atoms with van der Waals surface area (Å²) < 4.78 is 66.3. The molecule has 1 N–H and O–H groups in total. The van der Waals surface area contributed by atoms with Gasteiger partial charge in [0.1, 0.15) is 6.54 Å². The van der Waals surface area contributed by atoms with Crippen molar-refractivity contribution in [2.24, 2.45) is 0 Å². The van der Waals surface area contributed by atoms with Crippen molar-refractivity contribution in [3.05, 3.63) is 58.9 Å². The summed E-state index contributed by atoms with van der Waals surface area (Å²) >= 11 is 5.51. The van der Waals surface area contributed by atoms with Crippen LogP contribution in [0.25, 0.3) is 11.0 Å². The van der Waals surface area contributed by atoms with Gasteiger partial charge in [-0.15, -0.1) is 0 Å². The first kappa shape index (κ1) is 18.1. The SMILES string of the molecule is O=C(Cn1cnc2cc(F)c(F)cc21)Nc1ccc(Cl)c(C(F)(F)F)c1. The van der Waals surface area contributed by atoms with Gasteiger partial charge in [0.05, 0.1) is 27.9 Å². The van der Waals surface area contributed by atoms with Crippen molar-refractivity contribution in [2.45, 2.75) is 12.7 Å². The van der Waals surface area contributed by atoms with Gasteiger partial charge in [0.2, 0.25) is 5.91 Å². The lowest BCUT2D eigenvalue weighted by Crippen LogP contribution is -2.19. The predicted octanol–water partition coefficient (Wildman–Crippen LogP) is 4.63. The Hall–Kier alpha value is -2.68. The number of nitrogens with zero attached hydrogens (tertiary/aromatic N) is 2. The first-order valence-corrected chi connectivity index (χ1v) is 7.49. The van der Waals surface area contributed by atoms with Crippen molar-refractivity contribution in [2.75, 3.05) is 5.32 Å². The molecule has 0 radical (unpaired) electrons. The average molecular weight is 390 g/mol. The average Bonchev–Trinajstić information content (AvgIpc) is 2.90. The van der Waals surface area contributed by atoms with E-state index in [-0.39, 0.29) is 23.3 Å². The van der Waals surface area contributed by atoms with Crippen LogP contribution in [0, 0.1) is 11.6 Å². The maximum Gasteiger partial charge on any atom is 0.417 e. The van der Waals surface area contributed by atoms with Crippen LogP contribution >= 0.6 is 11.6 Å². The number of amides is 1. The van der Waals surface area contributed by atoms with E-state index in [2.05, 4.69) is 10.3 Å². The molecule has 0 bridgehead atoms. The normalized spacial score (nSPS) is 11.8. The summed E-state index contributed by atoms with van der Waals surface area (Å²) in [5, 5.41) is 1.80. The van der Waals surface area contributed by atoms with Crippen LogP contribution in [0.5, 0.6) is 0 Å². The van der Waals surface area contributed by atoms with Crippen molar-refractivity contribution < 1.29 is 26.7 Å². The van der Waals surface area contributed by atoms with Crippen molar-refractivity contribution in [3.63, 3.8) is 0 Å². The molecule has 4 nitrogen and oxygen atoms in total. The van der Waals surface area contributed by atoms with Crippen LogP contribution in [0.3, 0.4) is 0 Å². The minimum Gasteiger partial charge on any atom is -0.325 e. The highest BCUT2D eigenvalue weighted by atomic mass is 35.5.